The summed E-state index contributed by atoms with van der Waals surface area (Å²) in [6, 6.07) is 16.1. The van der Waals surface area contributed by atoms with E-state index in [9.17, 15) is 19.5 Å². The molecule has 2 amide bonds. The minimum absolute atomic E-state index is 0.0616. The number of aliphatic hydroxyl groups is 1. The Morgan fingerprint density at radius 3 is 2.25 bits per heavy atom. The number of carbonyl (C=O) groups excluding carboxylic acids is 3. The van der Waals surface area contributed by atoms with Crippen LogP contribution in [0.15, 0.2) is 60.7 Å². The molecule has 32 heavy (non-hydrogen) atoms. The second-order valence-electron chi connectivity index (χ2n) is 7.17. The Bertz CT molecular complexity index is 866. The Morgan fingerprint density at radius 1 is 1.03 bits per heavy atom. The molecule has 8 nitrogen and oxygen atoms in total. The van der Waals surface area contributed by atoms with Gasteiger partial charge in [0, 0.05) is 0 Å². The minimum Gasteiger partial charge on any atom is -0.459 e. The standard InChI is InChI=1S/C23H28ClN3O5/c1-2-9-18(27-24)21(29)22(30)25-14-19(28)26-20(17-12-7-4-8-13-17)23(31)32-15-16-10-5-3-6-11-16/h3-8,10-13,18,20-21,27,29H,2,9,14-15H2,1H3,(H,25,30)(H,26,28)/t18?,20-,21?/m0/s1. The molecule has 9 heteroatoms. The third kappa shape index (κ3) is 7.96. The summed E-state index contributed by atoms with van der Waals surface area (Å²) in [6.07, 6.45) is -0.229. The molecule has 0 heterocycles. The van der Waals surface area contributed by atoms with Gasteiger partial charge in [0.05, 0.1) is 12.6 Å². The fourth-order valence-electron chi connectivity index (χ4n) is 2.99. The lowest BCUT2D eigenvalue weighted by atomic mass is 10.1. The normalized spacial score (nSPS) is 13.5. The molecule has 4 N–H and O–H groups in total. The average Bonchev–Trinajstić information content (AvgIpc) is 2.83. The monoisotopic (exact) mass is 461 g/mol. The molecule has 0 saturated heterocycles. The van der Waals surface area contributed by atoms with Crippen molar-refractivity contribution in [2.75, 3.05) is 6.54 Å². The average molecular weight is 462 g/mol. The summed E-state index contributed by atoms with van der Waals surface area (Å²) in [6.45, 7) is 1.53. The molecule has 172 valence electrons. The number of hydrogen-bond donors (Lipinski definition) is 4. The number of rotatable bonds is 12. The summed E-state index contributed by atoms with van der Waals surface area (Å²) < 4.78 is 5.38. The van der Waals surface area contributed by atoms with E-state index in [4.69, 9.17) is 16.5 Å². The summed E-state index contributed by atoms with van der Waals surface area (Å²) in [5.41, 5.74) is 1.36. The van der Waals surface area contributed by atoms with Crippen LogP contribution in [0.2, 0.25) is 0 Å². The number of amides is 2. The third-order valence-electron chi connectivity index (χ3n) is 4.71. The molecule has 3 atom stereocenters. The predicted octanol–water partition coefficient (Wildman–Crippen LogP) is 1.98. The maximum Gasteiger partial charge on any atom is 0.333 e. The second kappa shape index (κ2) is 13.5. The van der Waals surface area contributed by atoms with Crippen LogP contribution in [0.5, 0.6) is 0 Å². The van der Waals surface area contributed by atoms with E-state index >= 15 is 0 Å². The van der Waals surface area contributed by atoms with Gasteiger partial charge in [-0.1, -0.05) is 74.0 Å². The quantitative estimate of drug-likeness (QED) is 0.283. The van der Waals surface area contributed by atoms with E-state index in [1.165, 1.54) is 0 Å². The Labute approximate surface area is 192 Å². The van der Waals surface area contributed by atoms with Crippen molar-refractivity contribution >= 4 is 29.6 Å². The van der Waals surface area contributed by atoms with Crippen LogP contribution in [0.25, 0.3) is 0 Å². The van der Waals surface area contributed by atoms with Crippen molar-refractivity contribution in [1.82, 2.24) is 15.5 Å². The molecule has 0 aliphatic carbocycles. The van der Waals surface area contributed by atoms with Crippen LogP contribution in [-0.2, 0) is 25.7 Å². The zero-order valence-electron chi connectivity index (χ0n) is 17.8. The van der Waals surface area contributed by atoms with Crippen LogP contribution in [0.3, 0.4) is 0 Å². The molecule has 0 radical (unpaired) electrons. The van der Waals surface area contributed by atoms with Crippen molar-refractivity contribution in [3.05, 3.63) is 71.8 Å². The first kappa shape index (κ1) is 25.3. The number of halogens is 1. The van der Waals surface area contributed by atoms with Crippen LogP contribution in [-0.4, -0.2) is 41.6 Å². The number of carbonyl (C=O) groups is 3. The highest BCUT2D eigenvalue weighted by atomic mass is 35.5. The highest BCUT2D eigenvalue weighted by Gasteiger charge is 2.27. The van der Waals surface area contributed by atoms with Gasteiger partial charge < -0.3 is 20.5 Å². The molecule has 0 aromatic heterocycles. The largest absolute Gasteiger partial charge is 0.459 e. The molecule has 0 aliphatic rings. The van der Waals surface area contributed by atoms with Gasteiger partial charge in [0.25, 0.3) is 5.91 Å². The van der Waals surface area contributed by atoms with Crippen molar-refractivity contribution in [1.29, 1.82) is 0 Å². The van der Waals surface area contributed by atoms with E-state index < -0.39 is 42.5 Å². The Morgan fingerprint density at radius 2 is 1.66 bits per heavy atom. The van der Waals surface area contributed by atoms with Crippen LogP contribution in [0.4, 0.5) is 0 Å². The van der Waals surface area contributed by atoms with Crippen LogP contribution < -0.4 is 15.5 Å². The number of hydrogen-bond acceptors (Lipinski definition) is 6. The first-order valence-electron chi connectivity index (χ1n) is 10.3. The number of ether oxygens (including phenoxy) is 1. The Balaban J connectivity index is 1.97. The third-order valence-corrected chi connectivity index (χ3v) is 4.99. The lowest BCUT2D eigenvalue weighted by Crippen LogP contribution is -2.49. The summed E-state index contributed by atoms with van der Waals surface area (Å²) in [5, 5.41) is 15.0. The van der Waals surface area contributed by atoms with E-state index in [2.05, 4.69) is 15.5 Å². The highest BCUT2D eigenvalue weighted by molar-refractivity contribution is 6.13. The van der Waals surface area contributed by atoms with E-state index in [1.807, 2.05) is 37.3 Å². The van der Waals surface area contributed by atoms with E-state index in [0.29, 0.717) is 18.4 Å². The lowest BCUT2D eigenvalue weighted by Gasteiger charge is -2.21. The van der Waals surface area contributed by atoms with E-state index in [0.717, 1.165) is 5.56 Å². The molecule has 2 aromatic rings. The van der Waals surface area contributed by atoms with E-state index in [-0.39, 0.29) is 6.61 Å². The van der Waals surface area contributed by atoms with Crippen LogP contribution in [0.1, 0.15) is 36.9 Å². The Kier molecular flexibility index (Phi) is 10.7. The minimum atomic E-state index is -1.42. The first-order valence-corrected chi connectivity index (χ1v) is 10.7. The van der Waals surface area contributed by atoms with Gasteiger partial charge in [-0.2, -0.15) is 0 Å². The maximum absolute atomic E-state index is 12.7. The zero-order valence-corrected chi connectivity index (χ0v) is 18.5. The molecule has 0 fully saturated rings. The van der Waals surface area contributed by atoms with E-state index in [1.54, 1.807) is 30.3 Å². The highest BCUT2D eigenvalue weighted by Crippen LogP contribution is 2.15. The summed E-state index contributed by atoms with van der Waals surface area (Å²) >= 11 is 5.57. The van der Waals surface area contributed by atoms with Gasteiger partial charge in [-0.25, -0.2) is 9.63 Å². The molecular formula is C23H28ClN3O5. The van der Waals surface area contributed by atoms with Crippen LogP contribution >= 0.6 is 11.8 Å². The number of esters is 1. The molecule has 2 unspecified atom stereocenters. The second-order valence-corrected chi connectivity index (χ2v) is 7.39. The molecular weight excluding hydrogens is 434 g/mol. The predicted molar refractivity (Wildman–Crippen MR) is 120 cm³/mol. The molecule has 0 bridgehead atoms. The number of benzene rings is 2. The van der Waals surface area contributed by atoms with Crippen molar-refractivity contribution in [3.8, 4) is 0 Å². The molecule has 0 saturated carbocycles. The molecule has 2 aromatic carbocycles. The Hall–Kier alpha value is -2.94. The van der Waals surface area contributed by atoms with Gasteiger partial charge >= 0.3 is 5.97 Å². The van der Waals surface area contributed by atoms with Crippen molar-refractivity contribution < 1.29 is 24.2 Å². The lowest BCUT2D eigenvalue weighted by molar-refractivity contribution is -0.149. The fourth-order valence-corrected chi connectivity index (χ4v) is 3.21. The van der Waals surface area contributed by atoms with Gasteiger partial charge in [0.1, 0.15) is 12.7 Å². The zero-order chi connectivity index (χ0) is 23.3. The van der Waals surface area contributed by atoms with Gasteiger partial charge in [-0.3, -0.25) is 9.59 Å². The summed E-state index contributed by atoms with van der Waals surface area (Å²) in [7, 11) is 0. The SMILES string of the molecule is CCCC(NCl)C(O)C(=O)NCC(=O)N[C@H](C(=O)OCc1ccccc1)c1ccccc1. The van der Waals surface area contributed by atoms with Crippen molar-refractivity contribution in [2.24, 2.45) is 0 Å². The smallest absolute Gasteiger partial charge is 0.333 e. The number of nitrogens with one attached hydrogen (secondary N) is 3. The van der Waals surface area contributed by atoms with Gasteiger partial charge in [-0.05, 0) is 29.3 Å². The van der Waals surface area contributed by atoms with Gasteiger partial charge in [0.2, 0.25) is 5.91 Å². The van der Waals surface area contributed by atoms with Crippen molar-refractivity contribution in [3.63, 3.8) is 0 Å². The van der Waals surface area contributed by atoms with Crippen LogP contribution in [0, 0.1) is 0 Å². The first-order chi connectivity index (χ1) is 15.5. The van der Waals surface area contributed by atoms with Gasteiger partial charge in [-0.15, -0.1) is 0 Å². The number of aliphatic hydroxyl groups excluding tert-OH is 1. The fraction of sp³-hybridized carbons (Fsp3) is 0.348. The molecule has 2 rings (SSSR count). The van der Waals surface area contributed by atoms with Gasteiger partial charge in [0.15, 0.2) is 6.04 Å². The summed E-state index contributed by atoms with van der Waals surface area (Å²) in [4.78, 5) is 39.7. The topological polar surface area (TPSA) is 117 Å². The van der Waals surface area contributed by atoms with Crippen molar-refractivity contribution in [2.45, 2.75) is 44.6 Å². The summed E-state index contributed by atoms with van der Waals surface area (Å²) in [5.74, 6) is -1.98. The molecule has 0 spiro atoms. The molecule has 0 aliphatic heterocycles. The maximum atomic E-state index is 12.7.